The SMILES string of the molecule is N#CCN1CCOC(CN2CCNCC2)C1. The standard InChI is InChI=1S/C11H20N4O/c12-1-4-14-7-8-16-11(9-14)10-15-5-2-13-3-6-15/h11,13H,2-10H2. The van der Waals surface area contributed by atoms with Gasteiger partial charge in [0.2, 0.25) is 0 Å². The zero-order chi connectivity index (χ0) is 11.2. The first-order valence-corrected chi connectivity index (χ1v) is 6.02. The van der Waals surface area contributed by atoms with Crippen molar-refractivity contribution >= 4 is 0 Å². The van der Waals surface area contributed by atoms with Crippen LogP contribution in [-0.2, 0) is 4.74 Å². The van der Waals surface area contributed by atoms with Gasteiger partial charge in [0, 0.05) is 45.8 Å². The van der Waals surface area contributed by atoms with Crippen LogP contribution in [0.4, 0.5) is 0 Å². The van der Waals surface area contributed by atoms with Gasteiger partial charge in [-0.05, 0) is 0 Å². The monoisotopic (exact) mass is 224 g/mol. The van der Waals surface area contributed by atoms with E-state index in [0.29, 0.717) is 6.54 Å². The van der Waals surface area contributed by atoms with Crippen LogP contribution in [0.1, 0.15) is 0 Å². The van der Waals surface area contributed by atoms with Gasteiger partial charge in [-0.25, -0.2) is 0 Å². The van der Waals surface area contributed by atoms with Gasteiger partial charge >= 0.3 is 0 Å². The Morgan fingerprint density at radius 2 is 2.06 bits per heavy atom. The molecule has 16 heavy (non-hydrogen) atoms. The molecule has 0 saturated carbocycles. The lowest BCUT2D eigenvalue weighted by molar-refractivity contribution is -0.0406. The third kappa shape index (κ3) is 3.42. The summed E-state index contributed by atoms with van der Waals surface area (Å²) in [5.74, 6) is 0. The fourth-order valence-electron chi connectivity index (χ4n) is 2.32. The van der Waals surface area contributed by atoms with Crippen molar-refractivity contribution in [3.05, 3.63) is 0 Å². The van der Waals surface area contributed by atoms with E-state index in [1.807, 2.05) is 0 Å². The molecule has 5 nitrogen and oxygen atoms in total. The summed E-state index contributed by atoms with van der Waals surface area (Å²) in [6.45, 7) is 8.46. The Kier molecular flexibility index (Phi) is 4.55. The van der Waals surface area contributed by atoms with Crippen LogP contribution in [0.3, 0.4) is 0 Å². The van der Waals surface area contributed by atoms with Crippen LogP contribution in [0.5, 0.6) is 0 Å². The topological polar surface area (TPSA) is 51.5 Å². The van der Waals surface area contributed by atoms with E-state index in [4.69, 9.17) is 10.00 Å². The van der Waals surface area contributed by atoms with Crippen LogP contribution in [0.2, 0.25) is 0 Å². The minimum atomic E-state index is 0.278. The number of hydrogen-bond acceptors (Lipinski definition) is 5. The summed E-state index contributed by atoms with van der Waals surface area (Å²) in [5.41, 5.74) is 0. The molecule has 2 rings (SSSR count). The molecule has 1 N–H and O–H groups in total. The molecule has 90 valence electrons. The molecular weight excluding hydrogens is 204 g/mol. The van der Waals surface area contributed by atoms with E-state index in [1.165, 1.54) is 0 Å². The zero-order valence-electron chi connectivity index (χ0n) is 9.69. The van der Waals surface area contributed by atoms with Crippen molar-refractivity contribution in [3.63, 3.8) is 0 Å². The van der Waals surface area contributed by atoms with Gasteiger partial charge in [-0.1, -0.05) is 0 Å². The second kappa shape index (κ2) is 6.16. The Morgan fingerprint density at radius 3 is 2.81 bits per heavy atom. The van der Waals surface area contributed by atoms with Crippen molar-refractivity contribution in [3.8, 4) is 6.07 Å². The summed E-state index contributed by atoms with van der Waals surface area (Å²) in [5, 5.41) is 12.0. The maximum Gasteiger partial charge on any atom is 0.0867 e. The fraction of sp³-hybridized carbons (Fsp3) is 0.909. The first-order chi connectivity index (χ1) is 7.88. The van der Waals surface area contributed by atoms with E-state index in [2.05, 4.69) is 21.2 Å². The van der Waals surface area contributed by atoms with E-state index >= 15 is 0 Å². The predicted molar refractivity (Wildman–Crippen MR) is 61.1 cm³/mol. The zero-order valence-corrected chi connectivity index (χ0v) is 9.69. The highest BCUT2D eigenvalue weighted by atomic mass is 16.5. The van der Waals surface area contributed by atoms with Crippen LogP contribution in [0.25, 0.3) is 0 Å². The summed E-state index contributed by atoms with van der Waals surface area (Å²) >= 11 is 0. The molecule has 2 aliphatic heterocycles. The lowest BCUT2D eigenvalue weighted by Crippen LogP contribution is -2.51. The molecule has 1 unspecified atom stereocenters. The number of morpholine rings is 1. The Bertz CT molecular complexity index is 247. The molecule has 0 spiro atoms. The van der Waals surface area contributed by atoms with Crippen molar-refractivity contribution in [2.45, 2.75) is 6.10 Å². The van der Waals surface area contributed by atoms with Gasteiger partial charge in [-0.3, -0.25) is 9.80 Å². The van der Waals surface area contributed by atoms with Gasteiger partial charge in [0.25, 0.3) is 0 Å². The largest absolute Gasteiger partial charge is 0.374 e. The van der Waals surface area contributed by atoms with Gasteiger partial charge in [-0.2, -0.15) is 5.26 Å². The Morgan fingerprint density at radius 1 is 1.25 bits per heavy atom. The summed E-state index contributed by atoms with van der Waals surface area (Å²) < 4.78 is 5.74. The molecule has 0 aromatic heterocycles. The van der Waals surface area contributed by atoms with Gasteiger partial charge < -0.3 is 10.1 Å². The van der Waals surface area contributed by atoms with Crippen molar-refractivity contribution in [2.24, 2.45) is 0 Å². The highest BCUT2D eigenvalue weighted by Gasteiger charge is 2.22. The van der Waals surface area contributed by atoms with E-state index in [9.17, 15) is 0 Å². The predicted octanol–water partition coefficient (Wildman–Crippen LogP) is -0.884. The third-order valence-corrected chi connectivity index (χ3v) is 3.19. The van der Waals surface area contributed by atoms with Crippen molar-refractivity contribution in [2.75, 3.05) is 59.0 Å². The summed E-state index contributed by atoms with van der Waals surface area (Å²) in [6.07, 6.45) is 0.278. The van der Waals surface area contributed by atoms with E-state index in [1.54, 1.807) is 0 Å². The molecule has 2 saturated heterocycles. The van der Waals surface area contributed by atoms with E-state index in [0.717, 1.165) is 52.4 Å². The van der Waals surface area contributed by atoms with Crippen LogP contribution in [0, 0.1) is 11.3 Å². The molecule has 0 aromatic carbocycles. The second-order valence-corrected chi connectivity index (χ2v) is 4.44. The van der Waals surface area contributed by atoms with E-state index in [-0.39, 0.29) is 6.10 Å². The lowest BCUT2D eigenvalue weighted by atomic mass is 10.2. The molecule has 5 heteroatoms. The molecule has 0 aliphatic carbocycles. The number of rotatable bonds is 3. The Balaban J connectivity index is 1.74. The average Bonchev–Trinajstić information content (AvgIpc) is 2.31. The number of nitrogens with one attached hydrogen (secondary N) is 1. The summed E-state index contributed by atoms with van der Waals surface area (Å²) in [7, 11) is 0. The number of hydrogen-bond donors (Lipinski definition) is 1. The molecule has 2 heterocycles. The first-order valence-electron chi connectivity index (χ1n) is 6.02. The third-order valence-electron chi connectivity index (χ3n) is 3.19. The van der Waals surface area contributed by atoms with E-state index < -0.39 is 0 Å². The molecule has 0 amide bonds. The summed E-state index contributed by atoms with van der Waals surface area (Å²) in [6, 6.07) is 2.21. The molecule has 1 atom stereocenters. The highest BCUT2D eigenvalue weighted by molar-refractivity contribution is 4.82. The normalized spacial score (nSPS) is 28.8. The average molecular weight is 224 g/mol. The van der Waals surface area contributed by atoms with Gasteiger partial charge in [0.1, 0.15) is 0 Å². The minimum Gasteiger partial charge on any atom is -0.374 e. The molecule has 0 radical (unpaired) electrons. The maximum absolute atomic E-state index is 8.68. The van der Waals surface area contributed by atoms with Crippen molar-refractivity contribution in [1.82, 2.24) is 15.1 Å². The second-order valence-electron chi connectivity index (χ2n) is 4.44. The van der Waals surface area contributed by atoms with Gasteiger partial charge in [0.05, 0.1) is 25.3 Å². The fourth-order valence-corrected chi connectivity index (χ4v) is 2.32. The number of ether oxygens (including phenoxy) is 1. The highest BCUT2D eigenvalue weighted by Crippen LogP contribution is 2.07. The Hall–Kier alpha value is -0.670. The molecule has 0 aromatic rings. The van der Waals surface area contributed by atoms with Crippen LogP contribution < -0.4 is 5.32 Å². The van der Waals surface area contributed by atoms with Crippen molar-refractivity contribution in [1.29, 1.82) is 5.26 Å². The molecule has 2 aliphatic rings. The van der Waals surface area contributed by atoms with Gasteiger partial charge in [0.15, 0.2) is 0 Å². The maximum atomic E-state index is 8.68. The molecule has 0 bridgehead atoms. The summed E-state index contributed by atoms with van der Waals surface area (Å²) in [4.78, 5) is 4.62. The van der Waals surface area contributed by atoms with Crippen LogP contribution in [0.15, 0.2) is 0 Å². The van der Waals surface area contributed by atoms with Gasteiger partial charge in [-0.15, -0.1) is 0 Å². The molecule has 2 fully saturated rings. The number of nitriles is 1. The van der Waals surface area contributed by atoms with Crippen molar-refractivity contribution < 1.29 is 4.74 Å². The number of piperazine rings is 1. The smallest absolute Gasteiger partial charge is 0.0867 e. The van der Waals surface area contributed by atoms with Crippen LogP contribution >= 0.6 is 0 Å². The molecular formula is C11H20N4O. The number of nitrogens with zero attached hydrogens (tertiary/aromatic N) is 3. The first kappa shape index (κ1) is 11.8. The Labute approximate surface area is 97.0 Å². The quantitative estimate of drug-likeness (QED) is 0.631. The lowest BCUT2D eigenvalue weighted by Gasteiger charge is -2.36. The van der Waals surface area contributed by atoms with Crippen LogP contribution in [-0.4, -0.2) is 74.9 Å². The minimum absolute atomic E-state index is 0.278.